The van der Waals surface area contributed by atoms with E-state index >= 15 is 0 Å². The van der Waals surface area contributed by atoms with Crippen LogP contribution in [0.4, 0.5) is 5.95 Å². The third-order valence-corrected chi connectivity index (χ3v) is 2.11. The van der Waals surface area contributed by atoms with Gasteiger partial charge >= 0.3 is 0 Å². The van der Waals surface area contributed by atoms with Crippen molar-refractivity contribution in [3.8, 4) is 0 Å². The smallest absolute Gasteiger partial charge is 0.240 e. The fourth-order valence-electron chi connectivity index (χ4n) is 1.00. The molecule has 0 unspecified atom stereocenters. The van der Waals surface area contributed by atoms with Gasteiger partial charge in [0.2, 0.25) is 11.9 Å². The van der Waals surface area contributed by atoms with Crippen molar-refractivity contribution < 1.29 is 4.79 Å². The van der Waals surface area contributed by atoms with Crippen molar-refractivity contribution in [2.24, 2.45) is 5.92 Å². The molecule has 0 saturated carbocycles. The van der Waals surface area contributed by atoms with Crippen LogP contribution in [0.25, 0.3) is 0 Å². The molecule has 84 valence electrons. The highest BCUT2D eigenvalue weighted by atomic mass is 32.1. The number of nitrogens with zero attached hydrogens (tertiary/aromatic N) is 2. The number of carbonyl (C=O) groups excluding carboxylic acids is 1. The molecular weight excluding hydrogens is 214 g/mol. The van der Waals surface area contributed by atoms with Gasteiger partial charge in [-0.1, -0.05) is 13.8 Å². The van der Waals surface area contributed by atoms with Gasteiger partial charge in [-0.15, -0.1) is 5.10 Å². The summed E-state index contributed by atoms with van der Waals surface area (Å²) in [6.07, 6.45) is 0. The van der Waals surface area contributed by atoms with Crippen molar-refractivity contribution in [1.82, 2.24) is 20.1 Å². The lowest BCUT2D eigenvalue weighted by Gasteiger charge is -2.08. The average Bonchev–Trinajstić information content (AvgIpc) is 2.46. The Morgan fingerprint density at radius 2 is 2.40 bits per heavy atom. The van der Waals surface area contributed by atoms with Crippen LogP contribution in [0.15, 0.2) is 0 Å². The number of nitrogen functional groups attached to an aromatic ring is 1. The monoisotopic (exact) mass is 229 g/mol. The fourth-order valence-corrected chi connectivity index (χ4v) is 1.20. The second kappa shape index (κ2) is 4.92. The molecule has 15 heavy (non-hydrogen) atoms. The maximum Gasteiger partial charge on any atom is 0.240 e. The Balaban J connectivity index is 2.55. The van der Waals surface area contributed by atoms with E-state index in [0.29, 0.717) is 17.2 Å². The molecule has 0 aliphatic heterocycles. The van der Waals surface area contributed by atoms with Crippen LogP contribution < -0.4 is 11.1 Å². The highest BCUT2D eigenvalue weighted by Crippen LogP contribution is 1.98. The standard InChI is InChI=1S/C8H15N5OS/c1-5(2)3-10-6(14)4-13-7(9)11-12-8(13)15/h5H,3-4H2,1-2H3,(H2,9,11)(H,10,14)(H,12,15). The number of nitrogens with one attached hydrogen (secondary N) is 2. The molecule has 0 aliphatic carbocycles. The predicted octanol–water partition coefficient (Wildman–Crippen LogP) is 0.295. The zero-order chi connectivity index (χ0) is 11.4. The molecule has 0 saturated heterocycles. The van der Waals surface area contributed by atoms with Gasteiger partial charge in [-0.05, 0) is 18.1 Å². The quantitative estimate of drug-likeness (QED) is 0.648. The molecule has 4 N–H and O–H groups in total. The zero-order valence-electron chi connectivity index (χ0n) is 8.78. The first-order chi connectivity index (χ1) is 7.00. The van der Waals surface area contributed by atoms with E-state index in [0.717, 1.165) is 0 Å². The van der Waals surface area contributed by atoms with Gasteiger partial charge in [0.1, 0.15) is 6.54 Å². The SMILES string of the molecule is CC(C)CNC(=O)Cn1c(N)n[nH]c1=S. The molecule has 0 atom stereocenters. The third-order valence-electron chi connectivity index (χ3n) is 1.80. The maximum absolute atomic E-state index is 11.4. The summed E-state index contributed by atoms with van der Waals surface area (Å²) in [6, 6.07) is 0. The molecule has 0 aromatic carbocycles. The van der Waals surface area contributed by atoms with Gasteiger partial charge in [-0.25, -0.2) is 5.10 Å². The van der Waals surface area contributed by atoms with Gasteiger partial charge in [0.25, 0.3) is 0 Å². The van der Waals surface area contributed by atoms with Gasteiger partial charge < -0.3 is 11.1 Å². The van der Waals surface area contributed by atoms with Crippen molar-refractivity contribution >= 4 is 24.1 Å². The lowest BCUT2D eigenvalue weighted by molar-refractivity contribution is -0.121. The van der Waals surface area contributed by atoms with Crippen molar-refractivity contribution in [1.29, 1.82) is 0 Å². The van der Waals surface area contributed by atoms with E-state index in [9.17, 15) is 4.79 Å². The minimum Gasteiger partial charge on any atom is -0.368 e. The number of aromatic amines is 1. The van der Waals surface area contributed by atoms with Crippen molar-refractivity contribution in [2.75, 3.05) is 12.3 Å². The van der Waals surface area contributed by atoms with Crippen molar-refractivity contribution in [2.45, 2.75) is 20.4 Å². The first kappa shape index (κ1) is 11.7. The molecular formula is C8H15N5OS. The highest BCUT2D eigenvalue weighted by Gasteiger charge is 2.07. The molecule has 0 fully saturated rings. The Morgan fingerprint density at radius 3 is 2.87 bits per heavy atom. The summed E-state index contributed by atoms with van der Waals surface area (Å²) >= 11 is 4.91. The van der Waals surface area contributed by atoms with E-state index in [4.69, 9.17) is 18.0 Å². The number of H-pyrrole nitrogens is 1. The van der Waals surface area contributed by atoms with Crippen LogP contribution in [-0.2, 0) is 11.3 Å². The van der Waals surface area contributed by atoms with Crippen LogP contribution in [0, 0.1) is 10.7 Å². The molecule has 0 bridgehead atoms. The highest BCUT2D eigenvalue weighted by molar-refractivity contribution is 7.71. The normalized spacial score (nSPS) is 10.6. The number of aromatic nitrogens is 3. The summed E-state index contributed by atoms with van der Waals surface area (Å²) in [4.78, 5) is 11.4. The summed E-state index contributed by atoms with van der Waals surface area (Å²) < 4.78 is 1.80. The summed E-state index contributed by atoms with van der Waals surface area (Å²) in [7, 11) is 0. The van der Waals surface area contributed by atoms with Crippen LogP contribution >= 0.6 is 12.2 Å². The van der Waals surface area contributed by atoms with Crippen LogP contribution in [0.5, 0.6) is 0 Å². The van der Waals surface area contributed by atoms with Crippen molar-refractivity contribution in [3.05, 3.63) is 4.77 Å². The fraction of sp³-hybridized carbons (Fsp3) is 0.625. The summed E-state index contributed by atoms with van der Waals surface area (Å²) in [5, 5.41) is 9.00. The molecule has 1 amide bonds. The minimum atomic E-state index is -0.118. The molecule has 1 aromatic rings. The number of carbonyl (C=O) groups is 1. The Hall–Kier alpha value is -1.37. The maximum atomic E-state index is 11.4. The predicted molar refractivity (Wildman–Crippen MR) is 59.7 cm³/mol. The molecule has 6 nitrogen and oxygen atoms in total. The van der Waals surface area contributed by atoms with E-state index in [1.807, 2.05) is 13.8 Å². The molecule has 7 heteroatoms. The third kappa shape index (κ3) is 3.35. The molecule has 1 heterocycles. The molecule has 0 aliphatic rings. The molecule has 1 rings (SSSR count). The van der Waals surface area contributed by atoms with E-state index in [-0.39, 0.29) is 18.4 Å². The first-order valence-corrected chi connectivity index (χ1v) is 5.09. The van der Waals surface area contributed by atoms with E-state index < -0.39 is 0 Å². The van der Waals surface area contributed by atoms with Crippen LogP contribution in [0.3, 0.4) is 0 Å². The number of hydrogen-bond donors (Lipinski definition) is 3. The summed E-state index contributed by atoms with van der Waals surface area (Å²) in [6.45, 7) is 4.80. The molecule has 0 spiro atoms. The number of hydrogen-bond acceptors (Lipinski definition) is 4. The summed E-state index contributed by atoms with van der Waals surface area (Å²) in [5.74, 6) is 0.524. The average molecular weight is 229 g/mol. The van der Waals surface area contributed by atoms with Crippen LogP contribution in [-0.4, -0.2) is 27.2 Å². The minimum absolute atomic E-state index is 0.105. The van der Waals surface area contributed by atoms with E-state index in [2.05, 4.69) is 15.5 Å². The van der Waals surface area contributed by atoms with E-state index in [1.54, 1.807) is 0 Å². The second-order valence-corrected chi connectivity index (χ2v) is 4.06. The van der Waals surface area contributed by atoms with Crippen LogP contribution in [0.2, 0.25) is 0 Å². The summed E-state index contributed by atoms with van der Waals surface area (Å²) in [5.41, 5.74) is 5.52. The Kier molecular flexibility index (Phi) is 3.84. The van der Waals surface area contributed by atoms with Crippen LogP contribution in [0.1, 0.15) is 13.8 Å². The topological polar surface area (TPSA) is 88.7 Å². The Labute approximate surface area is 92.9 Å². The van der Waals surface area contributed by atoms with Gasteiger partial charge in [-0.3, -0.25) is 9.36 Å². The van der Waals surface area contributed by atoms with Gasteiger partial charge in [0, 0.05) is 6.54 Å². The number of amides is 1. The Bertz CT molecular complexity index is 394. The molecule has 1 aromatic heterocycles. The number of anilines is 1. The largest absolute Gasteiger partial charge is 0.368 e. The van der Waals surface area contributed by atoms with Gasteiger partial charge in [-0.2, -0.15) is 0 Å². The zero-order valence-corrected chi connectivity index (χ0v) is 9.60. The van der Waals surface area contributed by atoms with E-state index in [1.165, 1.54) is 4.57 Å². The number of nitrogens with two attached hydrogens (primary N) is 1. The van der Waals surface area contributed by atoms with Crippen molar-refractivity contribution in [3.63, 3.8) is 0 Å². The lowest BCUT2D eigenvalue weighted by atomic mass is 10.2. The van der Waals surface area contributed by atoms with Gasteiger partial charge in [0.15, 0.2) is 4.77 Å². The Morgan fingerprint density at radius 1 is 1.73 bits per heavy atom. The number of rotatable bonds is 4. The first-order valence-electron chi connectivity index (χ1n) is 4.68. The van der Waals surface area contributed by atoms with Gasteiger partial charge in [0.05, 0.1) is 0 Å². The second-order valence-electron chi connectivity index (χ2n) is 3.67. The lowest BCUT2D eigenvalue weighted by Crippen LogP contribution is -2.31. The molecule has 0 radical (unpaired) electrons.